The number of rotatable bonds is 2. The monoisotopic (exact) mass is 336 g/mol. The number of aryl methyl sites for hydroxylation is 1. The molecule has 1 unspecified atom stereocenters. The third-order valence-electron chi connectivity index (χ3n) is 2.46. The summed E-state index contributed by atoms with van der Waals surface area (Å²) in [5.41, 5.74) is 3.14. The first-order valence-corrected chi connectivity index (χ1v) is 8.08. The molecule has 0 nitrogen and oxygen atoms in total. The minimum atomic E-state index is -0.362. The molecule has 0 aliphatic heterocycles. The minimum absolute atomic E-state index is 0. The fourth-order valence-electron chi connectivity index (χ4n) is 1.42. The largest absolute Gasteiger partial charge is 1.00 e. The van der Waals surface area contributed by atoms with E-state index < -0.39 is 0 Å². The molecule has 1 aromatic rings. The molecule has 0 radical (unpaired) electrons. The molecule has 0 saturated carbocycles. The molecule has 0 bridgehead atoms. The summed E-state index contributed by atoms with van der Waals surface area (Å²) in [4.78, 5) is 0. The second-order valence-corrected chi connectivity index (χ2v) is 9.15. The van der Waals surface area contributed by atoms with Crippen LogP contribution in [0.25, 0.3) is 0 Å². The van der Waals surface area contributed by atoms with E-state index in [0.29, 0.717) is 0 Å². The summed E-state index contributed by atoms with van der Waals surface area (Å²) in [7, 11) is 1.01. The summed E-state index contributed by atoms with van der Waals surface area (Å²) < 4.78 is 3.56. The second-order valence-electron chi connectivity index (χ2n) is 3.42. The smallest absolute Gasteiger partial charge is 1.00 e. The zero-order valence-electron chi connectivity index (χ0n) is 8.77. The quantitative estimate of drug-likeness (QED) is 0.536. The van der Waals surface area contributed by atoms with Gasteiger partial charge in [0.1, 0.15) is 0 Å². The number of hydrogen-bond acceptors (Lipinski definition) is 0. The average Bonchev–Trinajstić information content (AvgIpc) is 2.71. The van der Waals surface area contributed by atoms with E-state index in [4.69, 9.17) is 0 Å². The van der Waals surface area contributed by atoms with E-state index in [2.05, 4.69) is 37.9 Å². The Labute approximate surface area is 117 Å². The van der Waals surface area contributed by atoms with Crippen LogP contribution >= 0.6 is 8.19 Å². The van der Waals surface area contributed by atoms with Gasteiger partial charge in [-0.15, -0.1) is 0 Å². The van der Waals surface area contributed by atoms with Crippen molar-refractivity contribution in [3.63, 3.8) is 0 Å². The van der Waals surface area contributed by atoms with E-state index in [1.165, 1.54) is 12.0 Å². The van der Waals surface area contributed by atoms with Gasteiger partial charge in [0.15, 0.2) is 0 Å². The molecule has 2 rings (SSSR count). The van der Waals surface area contributed by atoms with Gasteiger partial charge >= 0.3 is 93.1 Å². The van der Waals surface area contributed by atoms with Crippen molar-refractivity contribution in [3.8, 4) is 0 Å². The summed E-state index contributed by atoms with van der Waals surface area (Å²) in [6.07, 6.45) is 8.08. The van der Waals surface area contributed by atoms with E-state index >= 15 is 0 Å². The molecule has 1 aliphatic carbocycles. The summed E-state index contributed by atoms with van der Waals surface area (Å²) in [6.45, 7) is 4.54. The fourth-order valence-corrected chi connectivity index (χ4v) is 7.22. The van der Waals surface area contributed by atoms with Gasteiger partial charge in [-0.25, -0.2) is 0 Å². The normalized spacial score (nSPS) is 13.1. The first kappa shape index (κ1) is 15.7. The molecule has 1 aliphatic rings. The maximum absolute atomic E-state index is 2.41. The SMILES string of the molecule is Cc1c[pH][c]([Zr+2][C]2=CC=CC2)c1C.[Cl-].[Cl-]. The topological polar surface area (TPSA) is 0 Å². The van der Waals surface area contributed by atoms with E-state index in [-0.39, 0.29) is 48.0 Å². The van der Waals surface area contributed by atoms with Gasteiger partial charge in [0.25, 0.3) is 0 Å². The van der Waals surface area contributed by atoms with Crippen molar-refractivity contribution in [2.75, 3.05) is 0 Å². The second kappa shape index (κ2) is 7.13. The Kier molecular flexibility index (Phi) is 7.47. The number of allylic oxidation sites excluding steroid dienone is 4. The molecule has 4 heteroatoms. The Morgan fingerprint density at radius 2 is 2.00 bits per heavy atom. The van der Waals surface area contributed by atoms with Crippen LogP contribution in [0.5, 0.6) is 0 Å². The Hall–Kier alpha value is 0.723. The van der Waals surface area contributed by atoms with E-state index in [9.17, 15) is 0 Å². The summed E-state index contributed by atoms with van der Waals surface area (Å²) in [5, 5.41) is 0. The molecule has 0 amide bonds. The molecule has 1 atom stereocenters. The number of hydrogen-bond donors (Lipinski definition) is 0. The van der Waals surface area contributed by atoms with Crippen molar-refractivity contribution >= 4 is 11.2 Å². The molecule has 0 fully saturated rings. The first-order valence-electron chi connectivity index (χ1n) is 4.54. The standard InChI is InChI=1S/C6H8P.C5H5.2ClH.Zr/c1-5-3-7-4-6(5)2;1-2-4-5-3-1;;;/h3,7H,1-2H3;1-3H,4H2;2*1H;/q;;;;+2/p-2. The first-order chi connectivity index (χ1) is 6.27. The minimum Gasteiger partial charge on any atom is -1.00 e. The van der Waals surface area contributed by atoms with Crippen LogP contribution in [0.4, 0.5) is 0 Å². The number of halogens is 2. The Morgan fingerprint density at radius 1 is 1.27 bits per heavy atom. The third-order valence-corrected chi connectivity index (χ3v) is 8.74. The molecule has 0 spiro atoms. The van der Waals surface area contributed by atoms with Gasteiger partial charge in [0.05, 0.1) is 0 Å². The zero-order valence-corrected chi connectivity index (χ0v) is 13.7. The Balaban J connectivity index is 0.000000980. The fraction of sp³-hybridized carbons (Fsp3) is 0.273. The maximum Gasteiger partial charge on any atom is -1.00 e. The van der Waals surface area contributed by atoms with Gasteiger partial charge in [-0.05, 0) is 0 Å². The molecular formula is C11H13Cl2PZr. The van der Waals surface area contributed by atoms with E-state index in [1.807, 2.05) is 3.00 Å². The van der Waals surface area contributed by atoms with Gasteiger partial charge in [0.2, 0.25) is 0 Å². The third kappa shape index (κ3) is 3.90. The predicted octanol–water partition coefficient (Wildman–Crippen LogP) is -3.11. The Morgan fingerprint density at radius 3 is 2.47 bits per heavy atom. The van der Waals surface area contributed by atoms with E-state index in [1.54, 1.807) is 8.84 Å². The van der Waals surface area contributed by atoms with Crippen molar-refractivity contribution < 1.29 is 48.0 Å². The molecule has 80 valence electrons. The van der Waals surface area contributed by atoms with Crippen molar-refractivity contribution in [1.82, 2.24) is 0 Å². The van der Waals surface area contributed by atoms with Gasteiger partial charge in [-0.3, -0.25) is 0 Å². The van der Waals surface area contributed by atoms with Crippen molar-refractivity contribution in [3.05, 3.63) is 38.4 Å². The van der Waals surface area contributed by atoms with Crippen LogP contribution in [0, 0.1) is 13.8 Å². The van der Waals surface area contributed by atoms with Crippen LogP contribution in [0.2, 0.25) is 0 Å². The van der Waals surface area contributed by atoms with Crippen LogP contribution in [0.15, 0.2) is 27.3 Å². The van der Waals surface area contributed by atoms with Crippen molar-refractivity contribution in [2.45, 2.75) is 20.3 Å². The van der Waals surface area contributed by atoms with Crippen LogP contribution in [-0.2, 0) is 23.2 Å². The van der Waals surface area contributed by atoms with Gasteiger partial charge in [-0.1, -0.05) is 0 Å². The molecule has 0 N–H and O–H groups in total. The molecular weight excluding hydrogens is 325 g/mol. The van der Waals surface area contributed by atoms with Crippen LogP contribution in [-0.4, -0.2) is 0 Å². The molecule has 0 aromatic carbocycles. The molecule has 0 saturated heterocycles. The van der Waals surface area contributed by atoms with Gasteiger partial charge < -0.3 is 24.8 Å². The zero-order chi connectivity index (χ0) is 9.26. The van der Waals surface area contributed by atoms with Crippen molar-refractivity contribution in [2.24, 2.45) is 0 Å². The summed E-state index contributed by atoms with van der Waals surface area (Å²) >= 11 is -0.362. The Bertz CT molecular complexity index is 380. The van der Waals surface area contributed by atoms with Crippen LogP contribution in [0.3, 0.4) is 0 Å². The van der Waals surface area contributed by atoms with Crippen LogP contribution in [0.1, 0.15) is 17.5 Å². The van der Waals surface area contributed by atoms with Crippen LogP contribution < -0.4 is 27.8 Å². The summed E-state index contributed by atoms with van der Waals surface area (Å²) in [5.74, 6) is 2.41. The summed E-state index contributed by atoms with van der Waals surface area (Å²) in [6, 6.07) is 0. The van der Waals surface area contributed by atoms with Crippen molar-refractivity contribution in [1.29, 1.82) is 0 Å². The molecule has 15 heavy (non-hydrogen) atoms. The van der Waals surface area contributed by atoms with E-state index in [0.717, 1.165) is 8.19 Å². The average molecular weight is 338 g/mol. The molecule has 1 aromatic heterocycles. The molecule has 1 heterocycles. The van der Waals surface area contributed by atoms with Gasteiger partial charge in [-0.2, -0.15) is 0 Å². The maximum atomic E-state index is 2.41. The van der Waals surface area contributed by atoms with Gasteiger partial charge in [0, 0.05) is 0 Å². The predicted molar refractivity (Wildman–Crippen MR) is 56.9 cm³/mol.